The van der Waals surface area contributed by atoms with Gasteiger partial charge >= 0.3 is 0 Å². The van der Waals surface area contributed by atoms with E-state index >= 15 is 0 Å². The zero-order valence-corrected chi connectivity index (χ0v) is 12.1. The number of aromatic nitrogens is 3. The lowest BCUT2D eigenvalue weighted by atomic mass is 10.0. The van der Waals surface area contributed by atoms with Crippen LogP contribution >= 0.6 is 0 Å². The summed E-state index contributed by atoms with van der Waals surface area (Å²) in [6, 6.07) is 5.86. The Morgan fingerprint density at radius 1 is 1.35 bits per heavy atom. The maximum absolute atomic E-state index is 12.1. The summed E-state index contributed by atoms with van der Waals surface area (Å²) < 4.78 is 1.46. The Morgan fingerprint density at radius 3 is 2.65 bits per heavy atom. The number of nitrogens with two attached hydrogens (primary N) is 1. The molecule has 9 heteroatoms. The average molecular weight is 312 g/mol. The minimum absolute atomic E-state index is 0.0389. The van der Waals surface area contributed by atoms with Gasteiger partial charge in [-0.25, -0.2) is 9.50 Å². The molecule has 3 rings (SSSR count). The number of nitro benzene ring substituents is 1. The number of carbonyl (C=O) groups is 1. The molecule has 2 heterocycles. The number of amides is 1. The highest BCUT2D eigenvalue weighted by Gasteiger charge is 2.21. The van der Waals surface area contributed by atoms with Crippen LogP contribution in [0, 0.1) is 10.1 Å². The number of nitrogens with one attached hydrogen (secondary N) is 1. The van der Waals surface area contributed by atoms with Gasteiger partial charge in [-0.15, -0.1) is 0 Å². The first-order valence-corrected chi connectivity index (χ1v) is 6.61. The van der Waals surface area contributed by atoms with Crippen molar-refractivity contribution < 1.29 is 9.72 Å². The number of fused-ring (bicyclic) bond motifs is 1. The summed E-state index contributed by atoms with van der Waals surface area (Å²) in [7, 11) is 1.51. The molecule has 3 aromatic rings. The molecule has 0 fully saturated rings. The van der Waals surface area contributed by atoms with Crippen LogP contribution in [0.1, 0.15) is 10.4 Å². The van der Waals surface area contributed by atoms with E-state index in [9.17, 15) is 14.9 Å². The van der Waals surface area contributed by atoms with Crippen LogP contribution in [0.2, 0.25) is 0 Å². The molecule has 1 amide bonds. The van der Waals surface area contributed by atoms with Crippen molar-refractivity contribution in [3.8, 4) is 11.1 Å². The molecule has 0 saturated heterocycles. The van der Waals surface area contributed by atoms with Crippen molar-refractivity contribution in [3.63, 3.8) is 0 Å². The van der Waals surface area contributed by atoms with Gasteiger partial charge in [0, 0.05) is 30.9 Å². The maximum Gasteiger partial charge on any atom is 0.269 e. The van der Waals surface area contributed by atoms with Gasteiger partial charge in [0.05, 0.1) is 10.5 Å². The molecule has 1 aromatic carbocycles. The van der Waals surface area contributed by atoms with E-state index in [1.807, 2.05) is 0 Å². The smallest absolute Gasteiger partial charge is 0.269 e. The summed E-state index contributed by atoms with van der Waals surface area (Å²) in [6.07, 6.45) is 2.83. The Morgan fingerprint density at radius 2 is 2.04 bits per heavy atom. The lowest BCUT2D eigenvalue weighted by molar-refractivity contribution is -0.384. The number of benzene rings is 1. The normalized spacial score (nSPS) is 10.7. The molecule has 9 nitrogen and oxygen atoms in total. The average Bonchev–Trinajstić information content (AvgIpc) is 2.95. The highest BCUT2D eigenvalue weighted by molar-refractivity contribution is 6.06. The van der Waals surface area contributed by atoms with E-state index in [1.165, 1.54) is 30.0 Å². The summed E-state index contributed by atoms with van der Waals surface area (Å²) >= 11 is 0. The zero-order chi connectivity index (χ0) is 16.6. The summed E-state index contributed by atoms with van der Waals surface area (Å²) in [4.78, 5) is 26.4. The van der Waals surface area contributed by atoms with E-state index in [-0.39, 0.29) is 17.4 Å². The largest absolute Gasteiger partial charge is 0.382 e. The maximum atomic E-state index is 12.1. The third-order valence-electron chi connectivity index (χ3n) is 3.44. The number of rotatable bonds is 3. The Bertz CT molecular complexity index is 916. The highest BCUT2D eigenvalue weighted by atomic mass is 16.6. The summed E-state index contributed by atoms with van der Waals surface area (Å²) in [5.74, 6) is -0.105. The van der Waals surface area contributed by atoms with Gasteiger partial charge in [0.25, 0.3) is 11.6 Å². The number of anilines is 1. The van der Waals surface area contributed by atoms with Gasteiger partial charge in [0.15, 0.2) is 5.82 Å². The quantitative estimate of drug-likeness (QED) is 0.553. The van der Waals surface area contributed by atoms with E-state index in [2.05, 4.69) is 15.4 Å². The van der Waals surface area contributed by atoms with Crippen molar-refractivity contribution in [2.75, 3.05) is 12.8 Å². The van der Waals surface area contributed by atoms with E-state index in [1.54, 1.807) is 18.3 Å². The Balaban J connectivity index is 2.29. The molecule has 0 aliphatic heterocycles. The van der Waals surface area contributed by atoms with Crippen molar-refractivity contribution in [2.24, 2.45) is 0 Å². The van der Waals surface area contributed by atoms with Crippen molar-refractivity contribution >= 4 is 22.9 Å². The lowest BCUT2D eigenvalue weighted by Crippen LogP contribution is -2.17. The lowest BCUT2D eigenvalue weighted by Gasteiger charge is -2.05. The van der Waals surface area contributed by atoms with Crippen LogP contribution in [-0.2, 0) is 0 Å². The van der Waals surface area contributed by atoms with Gasteiger partial charge in [0.1, 0.15) is 11.8 Å². The summed E-state index contributed by atoms with van der Waals surface area (Å²) in [5.41, 5.74) is 7.84. The first kappa shape index (κ1) is 14.4. The minimum atomic E-state index is -0.487. The molecular formula is C14H12N6O3. The van der Waals surface area contributed by atoms with E-state index < -0.39 is 4.92 Å². The van der Waals surface area contributed by atoms with Crippen LogP contribution in [0.15, 0.2) is 36.8 Å². The van der Waals surface area contributed by atoms with Crippen LogP contribution in [0.4, 0.5) is 11.5 Å². The van der Waals surface area contributed by atoms with Crippen molar-refractivity contribution in [3.05, 3.63) is 52.5 Å². The molecule has 0 aliphatic rings. The SMILES string of the molecule is CNC(=O)c1cn2ncnc(N)c2c1-c1ccc([N+](=O)[O-])cc1. The van der Waals surface area contributed by atoms with Crippen LogP contribution in [0.25, 0.3) is 16.6 Å². The molecule has 0 saturated carbocycles. The number of non-ortho nitro benzene ring substituents is 1. The van der Waals surface area contributed by atoms with Gasteiger partial charge in [-0.05, 0) is 17.7 Å². The molecule has 0 aliphatic carbocycles. The fourth-order valence-electron chi connectivity index (χ4n) is 2.38. The molecule has 23 heavy (non-hydrogen) atoms. The number of carbonyl (C=O) groups excluding carboxylic acids is 1. The van der Waals surface area contributed by atoms with Crippen LogP contribution in [0.5, 0.6) is 0 Å². The van der Waals surface area contributed by atoms with E-state index in [0.717, 1.165) is 0 Å². The Labute approximate surface area is 129 Å². The van der Waals surface area contributed by atoms with Crippen LogP contribution in [-0.4, -0.2) is 32.5 Å². The van der Waals surface area contributed by atoms with Gasteiger partial charge in [-0.2, -0.15) is 5.10 Å². The molecular weight excluding hydrogens is 300 g/mol. The molecule has 2 aromatic heterocycles. The second kappa shape index (κ2) is 5.37. The number of hydrogen-bond donors (Lipinski definition) is 2. The van der Waals surface area contributed by atoms with Crippen molar-refractivity contribution in [1.82, 2.24) is 19.9 Å². The number of nitrogen functional groups attached to an aromatic ring is 1. The fraction of sp³-hybridized carbons (Fsp3) is 0.0714. The second-order valence-electron chi connectivity index (χ2n) is 4.74. The van der Waals surface area contributed by atoms with E-state index in [0.29, 0.717) is 22.2 Å². The number of nitro groups is 1. The van der Waals surface area contributed by atoms with Gasteiger partial charge < -0.3 is 11.1 Å². The van der Waals surface area contributed by atoms with Crippen molar-refractivity contribution in [1.29, 1.82) is 0 Å². The molecule has 0 spiro atoms. The monoisotopic (exact) mass is 312 g/mol. The molecule has 0 unspecified atom stereocenters. The molecule has 0 radical (unpaired) electrons. The van der Waals surface area contributed by atoms with Gasteiger partial charge in [-0.1, -0.05) is 0 Å². The summed E-state index contributed by atoms with van der Waals surface area (Å²) in [6.45, 7) is 0. The fourth-order valence-corrected chi connectivity index (χ4v) is 2.38. The third kappa shape index (κ3) is 2.33. The van der Waals surface area contributed by atoms with Gasteiger partial charge in [-0.3, -0.25) is 14.9 Å². The van der Waals surface area contributed by atoms with Gasteiger partial charge in [0.2, 0.25) is 0 Å². The molecule has 0 atom stereocenters. The first-order valence-electron chi connectivity index (χ1n) is 6.61. The number of nitrogens with zero attached hydrogens (tertiary/aromatic N) is 4. The molecule has 3 N–H and O–H groups in total. The highest BCUT2D eigenvalue weighted by Crippen LogP contribution is 2.33. The van der Waals surface area contributed by atoms with Crippen LogP contribution < -0.4 is 11.1 Å². The first-order chi connectivity index (χ1) is 11.0. The third-order valence-corrected chi connectivity index (χ3v) is 3.44. The standard InChI is InChI=1S/C14H12N6O3/c1-16-14(21)10-6-19-12(13(15)17-7-18-19)11(10)8-2-4-9(5-3-8)20(22)23/h2-7H,1H3,(H,16,21)(H2,15,17,18). The van der Waals surface area contributed by atoms with Crippen molar-refractivity contribution in [2.45, 2.75) is 0 Å². The predicted molar refractivity (Wildman–Crippen MR) is 82.9 cm³/mol. The minimum Gasteiger partial charge on any atom is -0.382 e. The number of hydrogen-bond acceptors (Lipinski definition) is 6. The summed E-state index contributed by atoms with van der Waals surface area (Å²) in [5, 5.41) is 17.4. The zero-order valence-electron chi connectivity index (χ0n) is 12.1. The van der Waals surface area contributed by atoms with E-state index in [4.69, 9.17) is 5.73 Å². The molecule has 0 bridgehead atoms. The second-order valence-corrected chi connectivity index (χ2v) is 4.74. The molecule has 116 valence electrons. The predicted octanol–water partition coefficient (Wildman–Crippen LogP) is 1.25. The Hall–Kier alpha value is -3.49. The topological polar surface area (TPSA) is 128 Å². The van der Waals surface area contributed by atoms with Crippen LogP contribution in [0.3, 0.4) is 0 Å². The Kier molecular flexibility index (Phi) is 3.37.